The zero-order chi connectivity index (χ0) is 23.5. The van der Waals surface area contributed by atoms with Crippen LogP contribution >= 0.6 is 0 Å². The van der Waals surface area contributed by atoms with E-state index in [2.05, 4.69) is 32.7 Å². The lowest BCUT2D eigenvalue weighted by molar-refractivity contribution is 0.0906. The van der Waals surface area contributed by atoms with Gasteiger partial charge in [-0.2, -0.15) is 4.98 Å². The lowest BCUT2D eigenvalue weighted by Gasteiger charge is -2.22. The van der Waals surface area contributed by atoms with Crippen LogP contribution in [0, 0.1) is 0 Å². The summed E-state index contributed by atoms with van der Waals surface area (Å²) in [5.41, 5.74) is 2.80. The van der Waals surface area contributed by atoms with Gasteiger partial charge in [0, 0.05) is 32.8 Å². The molecule has 0 aliphatic carbocycles. The molecule has 1 amide bonds. The molecule has 1 saturated heterocycles. The van der Waals surface area contributed by atoms with Gasteiger partial charge in [0.2, 0.25) is 5.88 Å². The maximum Gasteiger partial charge on any atom is 0.256 e. The maximum absolute atomic E-state index is 12.8. The quantitative estimate of drug-likeness (QED) is 0.477. The number of pyridine rings is 1. The molecule has 0 spiro atoms. The van der Waals surface area contributed by atoms with Crippen molar-refractivity contribution in [1.29, 1.82) is 0 Å². The van der Waals surface area contributed by atoms with Gasteiger partial charge in [-0.15, -0.1) is 0 Å². The summed E-state index contributed by atoms with van der Waals surface area (Å²) >= 11 is 0. The number of ether oxygens (including phenoxy) is 2. The molecule has 33 heavy (non-hydrogen) atoms. The summed E-state index contributed by atoms with van der Waals surface area (Å²) in [7, 11) is 1.92. The van der Waals surface area contributed by atoms with Crippen LogP contribution in [0.1, 0.15) is 41.3 Å². The van der Waals surface area contributed by atoms with Crippen molar-refractivity contribution in [2.75, 3.05) is 51.4 Å². The number of carbonyl (C=O) groups excluding carboxylic acids is 1. The smallest absolute Gasteiger partial charge is 0.256 e. The van der Waals surface area contributed by atoms with Crippen molar-refractivity contribution in [3.63, 3.8) is 0 Å². The fourth-order valence-corrected chi connectivity index (χ4v) is 3.90. The molecule has 8 heteroatoms. The van der Waals surface area contributed by atoms with Crippen LogP contribution < -0.4 is 20.3 Å². The Bertz CT molecular complexity index is 884. The van der Waals surface area contributed by atoms with Gasteiger partial charge in [-0.05, 0) is 56.5 Å². The van der Waals surface area contributed by atoms with E-state index in [4.69, 9.17) is 9.47 Å². The zero-order valence-corrected chi connectivity index (χ0v) is 19.7. The highest BCUT2D eigenvalue weighted by molar-refractivity contribution is 5.96. The number of carbonyl (C=O) groups is 1. The Kier molecular flexibility index (Phi) is 9.93. The van der Waals surface area contributed by atoms with Crippen LogP contribution in [0.4, 0.5) is 5.82 Å². The van der Waals surface area contributed by atoms with E-state index >= 15 is 0 Å². The SMILES string of the molecule is CCOc1nc(N2CCCOCC2)ccc1C(=O)NCC(O)CCc1ccccc1CNC. The van der Waals surface area contributed by atoms with E-state index in [0.29, 0.717) is 31.1 Å². The number of anilines is 1. The number of amides is 1. The molecule has 1 aromatic heterocycles. The fraction of sp³-hybridized carbons (Fsp3) is 0.520. The predicted octanol–water partition coefficient (Wildman–Crippen LogP) is 2.15. The molecule has 0 radical (unpaired) electrons. The monoisotopic (exact) mass is 456 g/mol. The number of nitrogens with zero attached hydrogens (tertiary/aromatic N) is 2. The minimum absolute atomic E-state index is 0.170. The molecule has 2 heterocycles. The largest absolute Gasteiger partial charge is 0.477 e. The van der Waals surface area contributed by atoms with Crippen LogP contribution in [0.5, 0.6) is 5.88 Å². The first-order chi connectivity index (χ1) is 16.1. The third-order valence-electron chi connectivity index (χ3n) is 5.65. The van der Waals surface area contributed by atoms with Crippen molar-refractivity contribution in [1.82, 2.24) is 15.6 Å². The Morgan fingerprint density at radius 3 is 2.82 bits per heavy atom. The maximum atomic E-state index is 12.8. The summed E-state index contributed by atoms with van der Waals surface area (Å²) in [6.45, 7) is 6.26. The Labute approximate surface area is 196 Å². The number of aliphatic hydroxyl groups is 1. The molecule has 0 saturated carbocycles. The molecule has 1 unspecified atom stereocenters. The number of rotatable bonds is 11. The zero-order valence-electron chi connectivity index (χ0n) is 19.7. The summed E-state index contributed by atoms with van der Waals surface area (Å²) in [5, 5.41) is 16.4. The van der Waals surface area contributed by atoms with Gasteiger partial charge in [0.1, 0.15) is 11.4 Å². The summed E-state index contributed by atoms with van der Waals surface area (Å²) in [4.78, 5) is 19.6. The summed E-state index contributed by atoms with van der Waals surface area (Å²) in [5.74, 6) is 0.792. The molecule has 3 N–H and O–H groups in total. The van der Waals surface area contributed by atoms with Crippen LogP contribution in [0.2, 0.25) is 0 Å². The van der Waals surface area contributed by atoms with Crippen LogP contribution in [0.15, 0.2) is 36.4 Å². The molecule has 8 nitrogen and oxygen atoms in total. The predicted molar refractivity (Wildman–Crippen MR) is 129 cm³/mol. The second-order valence-corrected chi connectivity index (χ2v) is 8.11. The number of aryl methyl sites for hydroxylation is 1. The van der Waals surface area contributed by atoms with E-state index in [0.717, 1.165) is 44.9 Å². The van der Waals surface area contributed by atoms with Crippen LogP contribution in [-0.2, 0) is 17.7 Å². The molecule has 1 aliphatic rings. The van der Waals surface area contributed by atoms with E-state index in [-0.39, 0.29) is 12.5 Å². The Hall–Kier alpha value is -2.68. The van der Waals surface area contributed by atoms with Gasteiger partial charge in [-0.25, -0.2) is 0 Å². The molecule has 3 rings (SSSR count). The van der Waals surface area contributed by atoms with Crippen molar-refractivity contribution in [3.8, 4) is 5.88 Å². The lowest BCUT2D eigenvalue weighted by Crippen LogP contribution is -2.33. The number of aromatic nitrogens is 1. The Morgan fingerprint density at radius 2 is 2.03 bits per heavy atom. The van der Waals surface area contributed by atoms with Crippen molar-refractivity contribution < 1.29 is 19.4 Å². The molecule has 2 aromatic rings. The second kappa shape index (κ2) is 13.1. The first kappa shape index (κ1) is 25.0. The van der Waals surface area contributed by atoms with Crippen molar-refractivity contribution >= 4 is 11.7 Å². The molecular formula is C25H36N4O4. The highest BCUT2D eigenvalue weighted by atomic mass is 16.5. The van der Waals surface area contributed by atoms with Gasteiger partial charge in [-0.3, -0.25) is 4.79 Å². The number of hydrogen-bond acceptors (Lipinski definition) is 7. The summed E-state index contributed by atoms with van der Waals surface area (Å²) in [6, 6.07) is 11.8. The second-order valence-electron chi connectivity index (χ2n) is 8.11. The number of hydrogen-bond donors (Lipinski definition) is 3. The molecule has 1 fully saturated rings. The lowest BCUT2D eigenvalue weighted by atomic mass is 10.0. The molecule has 180 valence electrons. The van der Waals surface area contributed by atoms with Gasteiger partial charge in [0.15, 0.2) is 0 Å². The van der Waals surface area contributed by atoms with Gasteiger partial charge in [0.05, 0.1) is 19.3 Å². The minimum Gasteiger partial charge on any atom is -0.477 e. The van der Waals surface area contributed by atoms with E-state index in [1.54, 1.807) is 6.07 Å². The van der Waals surface area contributed by atoms with E-state index in [9.17, 15) is 9.90 Å². The first-order valence-corrected chi connectivity index (χ1v) is 11.8. The van der Waals surface area contributed by atoms with Crippen LogP contribution in [0.3, 0.4) is 0 Å². The van der Waals surface area contributed by atoms with Crippen LogP contribution in [-0.4, -0.2) is 68.6 Å². The van der Waals surface area contributed by atoms with Crippen molar-refractivity contribution in [2.24, 2.45) is 0 Å². The van der Waals surface area contributed by atoms with Crippen molar-refractivity contribution in [3.05, 3.63) is 53.1 Å². The normalized spacial score (nSPS) is 15.1. The molecule has 1 aromatic carbocycles. The number of nitrogens with one attached hydrogen (secondary N) is 2. The van der Waals surface area contributed by atoms with Crippen LogP contribution in [0.25, 0.3) is 0 Å². The highest BCUT2D eigenvalue weighted by Gasteiger charge is 2.19. The highest BCUT2D eigenvalue weighted by Crippen LogP contribution is 2.22. The minimum atomic E-state index is -0.642. The Morgan fingerprint density at radius 1 is 1.21 bits per heavy atom. The first-order valence-electron chi connectivity index (χ1n) is 11.8. The topological polar surface area (TPSA) is 96.0 Å². The van der Waals surface area contributed by atoms with E-state index in [1.165, 1.54) is 11.1 Å². The van der Waals surface area contributed by atoms with Gasteiger partial charge in [-0.1, -0.05) is 24.3 Å². The fourth-order valence-electron chi connectivity index (χ4n) is 3.90. The average molecular weight is 457 g/mol. The molecule has 0 bridgehead atoms. The molecule has 1 atom stereocenters. The summed E-state index contributed by atoms with van der Waals surface area (Å²) < 4.78 is 11.2. The standard InChI is InChI=1S/C25H36N4O4/c1-3-33-25-22(11-12-23(28-25)29-13-6-15-32-16-14-29)24(31)27-18-21(30)10-9-19-7-4-5-8-20(19)17-26-2/h4-5,7-8,11-12,21,26,30H,3,6,9-10,13-18H2,1-2H3,(H,27,31). The molecule has 1 aliphatic heterocycles. The van der Waals surface area contributed by atoms with Gasteiger partial charge in [0.25, 0.3) is 5.91 Å². The Balaban J connectivity index is 1.57. The van der Waals surface area contributed by atoms with E-state index in [1.807, 2.05) is 32.2 Å². The van der Waals surface area contributed by atoms with E-state index < -0.39 is 6.10 Å². The third kappa shape index (κ3) is 7.42. The average Bonchev–Trinajstić information content (AvgIpc) is 3.12. The molecular weight excluding hydrogens is 420 g/mol. The van der Waals surface area contributed by atoms with Crippen molar-refractivity contribution in [2.45, 2.75) is 38.8 Å². The number of aliphatic hydroxyl groups excluding tert-OH is 1. The van der Waals surface area contributed by atoms with Gasteiger partial charge >= 0.3 is 0 Å². The third-order valence-corrected chi connectivity index (χ3v) is 5.65. The summed E-state index contributed by atoms with van der Waals surface area (Å²) in [6.07, 6.45) is 1.60. The van der Waals surface area contributed by atoms with Gasteiger partial charge < -0.3 is 30.1 Å². The number of benzene rings is 1.